The summed E-state index contributed by atoms with van der Waals surface area (Å²) in [4.78, 5) is 15.5. The molecule has 19 heavy (non-hydrogen) atoms. The van der Waals surface area contributed by atoms with E-state index < -0.39 is 6.43 Å². The van der Waals surface area contributed by atoms with Crippen LogP contribution in [0.25, 0.3) is 0 Å². The van der Waals surface area contributed by atoms with Crippen molar-refractivity contribution in [1.29, 1.82) is 0 Å². The molecule has 0 radical (unpaired) electrons. The van der Waals surface area contributed by atoms with E-state index in [-0.39, 0.29) is 22.9 Å². The third kappa shape index (κ3) is 3.75. The zero-order valence-electron chi connectivity index (χ0n) is 9.64. The lowest BCUT2D eigenvalue weighted by Crippen LogP contribution is -2.15. The van der Waals surface area contributed by atoms with Crippen molar-refractivity contribution in [1.82, 2.24) is 15.2 Å². The van der Waals surface area contributed by atoms with Crippen molar-refractivity contribution in [3.63, 3.8) is 0 Å². The predicted octanol–water partition coefficient (Wildman–Crippen LogP) is 2.47. The van der Waals surface area contributed by atoms with E-state index in [1.54, 1.807) is 6.07 Å². The SMILES string of the molecule is O=C(CSc1ncn[nH]1)Nc1ccccc1C(F)F. The first kappa shape index (κ1) is 13.5. The van der Waals surface area contributed by atoms with E-state index in [1.165, 1.54) is 24.5 Å². The highest BCUT2D eigenvalue weighted by Gasteiger charge is 2.14. The normalized spacial score (nSPS) is 10.7. The lowest BCUT2D eigenvalue weighted by atomic mass is 10.2. The van der Waals surface area contributed by atoms with Gasteiger partial charge in [-0.2, -0.15) is 5.10 Å². The predicted molar refractivity (Wildman–Crippen MR) is 67.1 cm³/mol. The van der Waals surface area contributed by atoms with Crippen molar-refractivity contribution in [3.05, 3.63) is 36.2 Å². The number of carbonyl (C=O) groups is 1. The maximum Gasteiger partial charge on any atom is 0.265 e. The van der Waals surface area contributed by atoms with Crippen molar-refractivity contribution >= 4 is 23.4 Å². The van der Waals surface area contributed by atoms with Crippen LogP contribution in [0.4, 0.5) is 14.5 Å². The Kier molecular flexibility index (Phi) is 4.45. The van der Waals surface area contributed by atoms with Crippen LogP contribution in [0.2, 0.25) is 0 Å². The maximum absolute atomic E-state index is 12.7. The number of amides is 1. The van der Waals surface area contributed by atoms with E-state index in [0.717, 1.165) is 11.8 Å². The first-order valence-corrected chi connectivity index (χ1v) is 6.30. The van der Waals surface area contributed by atoms with Gasteiger partial charge >= 0.3 is 0 Å². The molecule has 2 N–H and O–H groups in total. The Labute approximate surface area is 111 Å². The lowest BCUT2D eigenvalue weighted by molar-refractivity contribution is -0.113. The van der Waals surface area contributed by atoms with Gasteiger partial charge in [0.05, 0.1) is 5.75 Å². The summed E-state index contributed by atoms with van der Waals surface area (Å²) in [5.74, 6) is -0.318. The molecular formula is C11H10F2N4OS. The number of thioether (sulfide) groups is 1. The molecular weight excluding hydrogens is 274 g/mol. The monoisotopic (exact) mass is 284 g/mol. The minimum atomic E-state index is -2.63. The molecule has 0 fully saturated rings. The second-order valence-electron chi connectivity index (χ2n) is 3.52. The van der Waals surface area contributed by atoms with Crippen LogP contribution >= 0.6 is 11.8 Å². The van der Waals surface area contributed by atoms with Crippen LogP contribution in [0.3, 0.4) is 0 Å². The van der Waals surface area contributed by atoms with Crippen LogP contribution in [-0.2, 0) is 4.79 Å². The largest absolute Gasteiger partial charge is 0.325 e. The molecule has 1 aromatic carbocycles. The molecule has 0 aliphatic rings. The number of anilines is 1. The van der Waals surface area contributed by atoms with Crippen molar-refractivity contribution < 1.29 is 13.6 Å². The summed E-state index contributed by atoms with van der Waals surface area (Å²) in [5.41, 5.74) is -0.0683. The van der Waals surface area contributed by atoms with Crippen LogP contribution < -0.4 is 5.32 Å². The van der Waals surface area contributed by atoms with E-state index in [0.29, 0.717) is 5.16 Å². The molecule has 0 spiro atoms. The Hall–Kier alpha value is -1.96. The number of rotatable bonds is 5. The molecule has 1 amide bonds. The molecule has 0 aliphatic heterocycles. The fourth-order valence-corrected chi connectivity index (χ4v) is 1.96. The Bertz CT molecular complexity index is 547. The average molecular weight is 284 g/mol. The number of carbonyl (C=O) groups excluding carboxylic acids is 1. The first-order valence-electron chi connectivity index (χ1n) is 5.32. The molecule has 2 rings (SSSR count). The zero-order chi connectivity index (χ0) is 13.7. The van der Waals surface area contributed by atoms with Gasteiger partial charge in [0.15, 0.2) is 5.16 Å². The Morgan fingerprint density at radius 3 is 2.89 bits per heavy atom. The number of H-pyrrole nitrogens is 1. The second kappa shape index (κ2) is 6.28. The quantitative estimate of drug-likeness (QED) is 0.827. The highest BCUT2D eigenvalue weighted by atomic mass is 32.2. The van der Waals surface area contributed by atoms with E-state index in [2.05, 4.69) is 20.5 Å². The summed E-state index contributed by atoms with van der Waals surface area (Å²) in [7, 11) is 0. The van der Waals surface area contributed by atoms with Crippen molar-refractivity contribution in [2.45, 2.75) is 11.6 Å². The van der Waals surface area contributed by atoms with Crippen molar-refractivity contribution in [2.24, 2.45) is 0 Å². The molecule has 0 bridgehead atoms. The van der Waals surface area contributed by atoms with Crippen LogP contribution in [0, 0.1) is 0 Å². The van der Waals surface area contributed by atoms with Gasteiger partial charge in [-0.3, -0.25) is 9.89 Å². The van der Waals surface area contributed by atoms with E-state index >= 15 is 0 Å². The minimum Gasteiger partial charge on any atom is -0.325 e. The topological polar surface area (TPSA) is 70.7 Å². The molecule has 5 nitrogen and oxygen atoms in total. The number of nitrogens with one attached hydrogen (secondary N) is 2. The zero-order valence-corrected chi connectivity index (χ0v) is 10.5. The summed E-state index contributed by atoms with van der Waals surface area (Å²) in [6.45, 7) is 0. The fraction of sp³-hybridized carbons (Fsp3) is 0.182. The molecule has 0 aliphatic carbocycles. The maximum atomic E-state index is 12.7. The van der Waals surface area contributed by atoms with Crippen LogP contribution in [0.1, 0.15) is 12.0 Å². The molecule has 0 saturated heterocycles. The molecule has 0 saturated carbocycles. The number of aromatic nitrogens is 3. The first-order chi connectivity index (χ1) is 9.16. The van der Waals surface area contributed by atoms with Gasteiger partial charge in [-0.15, -0.1) is 0 Å². The number of nitrogens with zero attached hydrogens (tertiary/aromatic N) is 2. The summed E-state index contributed by atoms with van der Waals surface area (Å²) in [5, 5.41) is 9.17. The Balaban J connectivity index is 1.95. The van der Waals surface area contributed by atoms with Crippen molar-refractivity contribution in [2.75, 3.05) is 11.1 Å². The Morgan fingerprint density at radius 1 is 1.42 bits per heavy atom. The standard InChI is InChI=1S/C11H10F2N4OS/c12-10(13)7-3-1-2-4-8(7)16-9(18)5-19-11-14-6-15-17-11/h1-4,6,10H,5H2,(H,16,18)(H,14,15,17). The van der Waals surface area contributed by atoms with Gasteiger partial charge in [-0.1, -0.05) is 30.0 Å². The lowest BCUT2D eigenvalue weighted by Gasteiger charge is -2.09. The minimum absolute atomic E-state index is 0.0623. The average Bonchev–Trinajstić information content (AvgIpc) is 2.90. The molecule has 0 atom stereocenters. The second-order valence-corrected chi connectivity index (χ2v) is 4.48. The number of hydrogen-bond donors (Lipinski definition) is 2. The Morgan fingerprint density at radius 2 is 2.21 bits per heavy atom. The van der Waals surface area contributed by atoms with Crippen LogP contribution in [0.5, 0.6) is 0 Å². The number of para-hydroxylation sites is 1. The van der Waals surface area contributed by atoms with Crippen LogP contribution in [0.15, 0.2) is 35.7 Å². The van der Waals surface area contributed by atoms with E-state index in [4.69, 9.17) is 0 Å². The van der Waals surface area contributed by atoms with Gasteiger partial charge in [0.25, 0.3) is 6.43 Å². The number of aromatic amines is 1. The van der Waals surface area contributed by atoms with Crippen molar-refractivity contribution in [3.8, 4) is 0 Å². The highest BCUT2D eigenvalue weighted by molar-refractivity contribution is 7.99. The van der Waals surface area contributed by atoms with Gasteiger partial charge in [0, 0.05) is 11.3 Å². The summed E-state index contributed by atoms with van der Waals surface area (Å²) < 4.78 is 25.4. The molecule has 1 aromatic heterocycles. The number of benzene rings is 1. The third-order valence-corrected chi connectivity index (χ3v) is 3.08. The van der Waals surface area contributed by atoms with Gasteiger partial charge in [-0.05, 0) is 6.07 Å². The smallest absolute Gasteiger partial charge is 0.265 e. The molecule has 8 heteroatoms. The molecule has 100 valence electrons. The fourth-order valence-electron chi connectivity index (χ4n) is 1.39. The third-order valence-electron chi connectivity index (χ3n) is 2.20. The number of alkyl halides is 2. The van der Waals surface area contributed by atoms with Crippen LogP contribution in [-0.4, -0.2) is 26.8 Å². The van der Waals surface area contributed by atoms with Gasteiger partial charge in [0.1, 0.15) is 6.33 Å². The summed E-state index contributed by atoms with van der Waals surface area (Å²) >= 11 is 1.14. The van der Waals surface area contributed by atoms with E-state index in [1.807, 2.05) is 0 Å². The molecule has 0 unspecified atom stereocenters. The highest BCUT2D eigenvalue weighted by Crippen LogP contribution is 2.26. The molecule has 2 aromatic rings. The number of halogens is 2. The van der Waals surface area contributed by atoms with E-state index in [9.17, 15) is 13.6 Å². The molecule has 1 heterocycles. The van der Waals surface area contributed by atoms with Gasteiger partial charge < -0.3 is 5.32 Å². The summed E-state index contributed by atoms with van der Waals surface area (Å²) in [6, 6.07) is 5.81. The van der Waals surface area contributed by atoms with Gasteiger partial charge in [-0.25, -0.2) is 13.8 Å². The van der Waals surface area contributed by atoms with Gasteiger partial charge in [0.2, 0.25) is 5.91 Å². The number of hydrogen-bond acceptors (Lipinski definition) is 4. The summed E-state index contributed by atoms with van der Waals surface area (Å²) in [6.07, 6.45) is -1.30.